The van der Waals surface area contributed by atoms with E-state index in [4.69, 9.17) is 9.73 Å². The smallest absolute Gasteiger partial charge is 0.190 e. The lowest BCUT2D eigenvalue weighted by molar-refractivity contribution is 0.0369. The van der Waals surface area contributed by atoms with Gasteiger partial charge in [0, 0.05) is 31.6 Å². The fraction of sp³-hybridized carbons (Fsp3) is 0.381. The Kier molecular flexibility index (Phi) is 6.19. The van der Waals surface area contributed by atoms with E-state index in [1.807, 2.05) is 0 Å². The third kappa shape index (κ3) is 4.76. The summed E-state index contributed by atoms with van der Waals surface area (Å²) in [4.78, 5) is 9.81. The van der Waals surface area contributed by atoms with Gasteiger partial charge in [0.1, 0.15) is 0 Å². The molecule has 0 saturated carbocycles. The molecule has 1 aromatic carbocycles. The van der Waals surface area contributed by atoms with Crippen LogP contribution in [0.1, 0.15) is 12.0 Å². The molecule has 1 saturated heterocycles. The van der Waals surface area contributed by atoms with Crippen LogP contribution in [0.3, 0.4) is 0 Å². The van der Waals surface area contributed by atoms with Crippen molar-refractivity contribution in [2.75, 3.05) is 32.8 Å². The number of rotatable bonds is 6. The first kappa shape index (κ1) is 18.6. The van der Waals surface area contributed by atoms with Gasteiger partial charge in [-0.05, 0) is 36.9 Å². The number of thiophene rings is 1. The standard InChI is InChI=1S/C21H25N3OS2/c1-17-5-7-18(8-6-17)22-21-24(10-3-9-23-11-13-25-14-12-23)19(16-27-21)20-4-2-15-26-20/h2,4-8,15-16H,3,9-14H2,1H3. The van der Waals surface area contributed by atoms with Crippen LogP contribution in [0, 0.1) is 6.92 Å². The minimum absolute atomic E-state index is 0.861. The Morgan fingerprint density at radius 1 is 1.04 bits per heavy atom. The van der Waals surface area contributed by atoms with Crippen LogP contribution < -0.4 is 4.80 Å². The van der Waals surface area contributed by atoms with Crippen molar-refractivity contribution in [1.82, 2.24) is 9.47 Å². The zero-order valence-corrected chi connectivity index (χ0v) is 17.3. The molecular formula is C21H25N3OS2. The fourth-order valence-electron chi connectivity index (χ4n) is 3.26. The zero-order valence-electron chi connectivity index (χ0n) is 15.6. The lowest BCUT2D eigenvalue weighted by Gasteiger charge is -2.26. The summed E-state index contributed by atoms with van der Waals surface area (Å²) in [5.74, 6) is 0. The Hall–Kier alpha value is -1.73. The number of ether oxygens (including phenoxy) is 1. The summed E-state index contributed by atoms with van der Waals surface area (Å²) in [7, 11) is 0. The van der Waals surface area contributed by atoms with Gasteiger partial charge in [-0.3, -0.25) is 4.90 Å². The molecule has 3 aromatic rings. The highest BCUT2D eigenvalue weighted by atomic mass is 32.1. The van der Waals surface area contributed by atoms with Crippen LogP contribution in [0.15, 0.2) is 52.2 Å². The molecule has 4 nitrogen and oxygen atoms in total. The van der Waals surface area contributed by atoms with E-state index >= 15 is 0 Å². The van der Waals surface area contributed by atoms with Gasteiger partial charge in [0.2, 0.25) is 0 Å². The highest BCUT2D eigenvalue weighted by Crippen LogP contribution is 2.26. The van der Waals surface area contributed by atoms with Gasteiger partial charge in [-0.15, -0.1) is 22.7 Å². The van der Waals surface area contributed by atoms with Crippen molar-refractivity contribution >= 4 is 28.4 Å². The van der Waals surface area contributed by atoms with E-state index in [1.54, 1.807) is 22.7 Å². The van der Waals surface area contributed by atoms with Crippen LogP contribution in [0.2, 0.25) is 0 Å². The van der Waals surface area contributed by atoms with Crippen molar-refractivity contribution in [3.05, 3.63) is 57.5 Å². The highest BCUT2D eigenvalue weighted by Gasteiger charge is 2.12. The Labute approximate surface area is 168 Å². The van der Waals surface area contributed by atoms with Crippen molar-refractivity contribution in [3.63, 3.8) is 0 Å². The van der Waals surface area contributed by atoms with Crippen molar-refractivity contribution in [1.29, 1.82) is 0 Å². The predicted octanol–water partition coefficient (Wildman–Crippen LogP) is 4.54. The summed E-state index contributed by atoms with van der Waals surface area (Å²) < 4.78 is 7.84. The minimum atomic E-state index is 0.861. The number of aromatic nitrogens is 1. The third-order valence-electron chi connectivity index (χ3n) is 4.79. The lowest BCUT2D eigenvalue weighted by atomic mass is 10.2. The summed E-state index contributed by atoms with van der Waals surface area (Å²) in [6, 6.07) is 12.7. The number of aryl methyl sites for hydroxylation is 1. The summed E-state index contributed by atoms with van der Waals surface area (Å²) in [6.45, 7) is 8.02. The number of hydrogen-bond acceptors (Lipinski definition) is 5. The van der Waals surface area contributed by atoms with E-state index < -0.39 is 0 Å². The van der Waals surface area contributed by atoms with Gasteiger partial charge in [-0.25, -0.2) is 4.99 Å². The van der Waals surface area contributed by atoms with Crippen molar-refractivity contribution in [2.45, 2.75) is 19.9 Å². The first-order valence-electron chi connectivity index (χ1n) is 9.43. The Morgan fingerprint density at radius 3 is 2.59 bits per heavy atom. The van der Waals surface area contributed by atoms with Crippen molar-refractivity contribution in [3.8, 4) is 10.6 Å². The number of nitrogens with zero attached hydrogens (tertiary/aromatic N) is 3. The second-order valence-electron chi connectivity index (χ2n) is 6.79. The van der Waals surface area contributed by atoms with E-state index in [-0.39, 0.29) is 0 Å². The molecule has 1 aliphatic heterocycles. The quantitative estimate of drug-likeness (QED) is 0.609. The van der Waals surface area contributed by atoms with E-state index in [0.717, 1.165) is 56.3 Å². The molecular weight excluding hydrogens is 374 g/mol. The SMILES string of the molecule is Cc1ccc(N=c2scc(-c3cccs3)n2CCCN2CCOCC2)cc1. The van der Waals surface area contributed by atoms with Crippen molar-refractivity contribution < 1.29 is 4.74 Å². The molecule has 27 heavy (non-hydrogen) atoms. The normalized spacial score (nSPS) is 16.1. The molecule has 142 valence electrons. The van der Waals surface area contributed by atoms with E-state index in [9.17, 15) is 0 Å². The maximum atomic E-state index is 5.46. The highest BCUT2D eigenvalue weighted by molar-refractivity contribution is 7.14. The lowest BCUT2D eigenvalue weighted by Crippen LogP contribution is -2.37. The molecule has 0 amide bonds. The predicted molar refractivity (Wildman–Crippen MR) is 114 cm³/mol. The number of hydrogen-bond donors (Lipinski definition) is 0. The van der Waals surface area contributed by atoms with Gasteiger partial charge in [-0.2, -0.15) is 0 Å². The second-order valence-corrected chi connectivity index (χ2v) is 8.57. The average Bonchev–Trinajstić information content (AvgIpc) is 3.35. The fourth-order valence-corrected chi connectivity index (χ4v) is 5.04. The molecule has 6 heteroatoms. The topological polar surface area (TPSA) is 29.8 Å². The number of thiazole rings is 1. The van der Waals surface area contributed by atoms with Gasteiger partial charge >= 0.3 is 0 Å². The minimum Gasteiger partial charge on any atom is -0.379 e. The van der Waals surface area contributed by atoms with Crippen LogP contribution in [-0.4, -0.2) is 42.3 Å². The molecule has 0 aliphatic carbocycles. The number of benzene rings is 1. The van der Waals surface area contributed by atoms with Crippen LogP contribution in [-0.2, 0) is 11.3 Å². The van der Waals surface area contributed by atoms with E-state index in [1.165, 1.54) is 16.1 Å². The van der Waals surface area contributed by atoms with Gasteiger partial charge < -0.3 is 9.30 Å². The molecule has 0 unspecified atom stereocenters. The second kappa shape index (κ2) is 8.97. The molecule has 0 atom stereocenters. The van der Waals surface area contributed by atoms with Crippen LogP contribution in [0.5, 0.6) is 0 Å². The van der Waals surface area contributed by atoms with Crippen molar-refractivity contribution in [2.24, 2.45) is 4.99 Å². The summed E-state index contributed by atoms with van der Waals surface area (Å²) in [6.07, 6.45) is 1.12. The molecule has 4 rings (SSSR count). The molecule has 0 radical (unpaired) electrons. The Morgan fingerprint density at radius 2 is 1.85 bits per heavy atom. The molecule has 0 spiro atoms. The first-order valence-corrected chi connectivity index (χ1v) is 11.2. The summed E-state index contributed by atoms with van der Waals surface area (Å²) in [5, 5.41) is 4.38. The number of morpholine rings is 1. The largest absolute Gasteiger partial charge is 0.379 e. The summed E-state index contributed by atoms with van der Waals surface area (Å²) >= 11 is 3.52. The Bertz CT molecular complexity index is 904. The Balaban J connectivity index is 1.58. The molecule has 2 aromatic heterocycles. The monoisotopic (exact) mass is 399 g/mol. The maximum Gasteiger partial charge on any atom is 0.190 e. The van der Waals surface area contributed by atoms with Crippen LogP contribution >= 0.6 is 22.7 Å². The third-order valence-corrected chi connectivity index (χ3v) is 6.55. The van der Waals surface area contributed by atoms with Gasteiger partial charge in [0.15, 0.2) is 4.80 Å². The summed E-state index contributed by atoms with van der Waals surface area (Å²) in [5.41, 5.74) is 3.56. The molecule has 0 bridgehead atoms. The molecule has 1 aliphatic rings. The van der Waals surface area contributed by atoms with Crippen LogP contribution in [0.4, 0.5) is 5.69 Å². The molecule has 0 N–H and O–H groups in total. The maximum absolute atomic E-state index is 5.46. The van der Waals surface area contributed by atoms with E-state index in [0.29, 0.717) is 0 Å². The molecule has 3 heterocycles. The van der Waals surface area contributed by atoms with E-state index in [2.05, 4.69) is 63.5 Å². The van der Waals surface area contributed by atoms with Gasteiger partial charge in [-0.1, -0.05) is 23.8 Å². The van der Waals surface area contributed by atoms with Gasteiger partial charge in [0.25, 0.3) is 0 Å². The van der Waals surface area contributed by atoms with Crippen LogP contribution in [0.25, 0.3) is 10.6 Å². The average molecular weight is 400 g/mol. The van der Waals surface area contributed by atoms with Gasteiger partial charge in [0.05, 0.1) is 29.5 Å². The molecule has 1 fully saturated rings. The zero-order chi connectivity index (χ0) is 18.5. The first-order chi connectivity index (χ1) is 13.3.